The molecule has 0 aliphatic heterocycles. The molecular formula is C46H28O. The first-order chi connectivity index (χ1) is 23.4. The van der Waals surface area contributed by atoms with E-state index in [0.29, 0.717) is 0 Å². The minimum absolute atomic E-state index is 0.915. The minimum Gasteiger partial charge on any atom is -0.456 e. The fourth-order valence-corrected chi connectivity index (χ4v) is 7.97. The lowest BCUT2D eigenvalue weighted by Gasteiger charge is -2.23. The van der Waals surface area contributed by atoms with Crippen LogP contribution < -0.4 is 0 Å². The van der Waals surface area contributed by atoms with E-state index in [2.05, 4.69) is 164 Å². The molecule has 1 nitrogen and oxygen atoms in total. The number of rotatable bonds is 3. The van der Waals surface area contributed by atoms with Crippen LogP contribution in [0.1, 0.15) is 0 Å². The van der Waals surface area contributed by atoms with Crippen molar-refractivity contribution in [2.45, 2.75) is 0 Å². The molecule has 0 amide bonds. The fourth-order valence-electron chi connectivity index (χ4n) is 7.97. The monoisotopic (exact) mass is 596 g/mol. The van der Waals surface area contributed by atoms with Gasteiger partial charge in [0, 0.05) is 16.2 Å². The molecule has 0 radical (unpaired) electrons. The van der Waals surface area contributed by atoms with E-state index < -0.39 is 0 Å². The summed E-state index contributed by atoms with van der Waals surface area (Å²) in [7, 11) is 0. The van der Waals surface area contributed by atoms with Gasteiger partial charge in [-0.2, -0.15) is 0 Å². The molecular weight excluding hydrogens is 569 g/mol. The van der Waals surface area contributed by atoms with Crippen LogP contribution in [0.4, 0.5) is 0 Å². The summed E-state index contributed by atoms with van der Waals surface area (Å²) < 4.78 is 6.44. The van der Waals surface area contributed by atoms with Crippen molar-refractivity contribution in [1.29, 1.82) is 0 Å². The SMILES string of the molecule is c1ccc(-c2c3ccccc3c(-c3c(-c4ccccc4)c4ccc5oc6ccccc6c5c4c4ccccc34)c3ccccc23)cc1. The summed E-state index contributed by atoms with van der Waals surface area (Å²) in [6.45, 7) is 0. The summed E-state index contributed by atoms with van der Waals surface area (Å²) in [6.07, 6.45) is 0. The van der Waals surface area contributed by atoms with Gasteiger partial charge in [0.2, 0.25) is 0 Å². The molecule has 1 aromatic heterocycles. The molecule has 0 saturated carbocycles. The van der Waals surface area contributed by atoms with Crippen LogP contribution in [0.2, 0.25) is 0 Å². The van der Waals surface area contributed by atoms with Crippen LogP contribution in [0.3, 0.4) is 0 Å². The van der Waals surface area contributed by atoms with Gasteiger partial charge in [0.15, 0.2) is 0 Å². The third-order valence-electron chi connectivity index (χ3n) is 9.83. The van der Waals surface area contributed by atoms with Crippen molar-refractivity contribution in [1.82, 2.24) is 0 Å². The van der Waals surface area contributed by atoms with Crippen molar-refractivity contribution in [2.75, 3.05) is 0 Å². The van der Waals surface area contributed by atoms with Crippen molar-refractivity contribution in [3.05, 3.63) is 170 Å². The minimum atomic E-state index is 0.915. The summed E-state index contributed by atoms with van der Waals surface area (Å²) in [5, 5.41) is 12.3. The van der Waals surface area contributed by atoms with Crippen LogP contribution in [-0.4, -0.2) is 0 Å². The van der Waals surface area contributed by atoms with Gasteiger partial charge in [0.25, 0.3) is 0 Å². The Morgan fingerprint density at radius 2 is 0.681 bits per heavy atom. The zero-order valence-electron chi connectivity index (χ0n) is 25.6. The Balaban J connectivity index is 1.49. The Kier molecular flexibility index (Phi) is 5.64. The third kappa shape index (κ3) is 3.78. The average Bonchev–Trinajstić information content (AvgIpc) is 3.53. The van der Waals surface area contributed by atoms with Crippen LogP contribution in [0.15, 0.2) is 174 Å². The molecule has 0 N–H and O–H groups in total. The van der Waals surface area contributed by atoms with Gasteiger partial charge < -0.3 is 4.42 Å². The van der Waals surface area contributed by atoms with Crippen LogP contribution in [0.5, 0.6) is 0 Å². The Morgan fingerprint density at radius 3 is 1.28 bits per heavy atom. The highest BCUT2D eigenvalue weighted by molar-refractivity contribution is 6.35. The van der Waals surface area contributed by atoms with Crippen molar-refractivity contribution < 1.29 is 4.42 Å². The van der Waals surface area contributed by atoms with Gasteiger partial charge in [-0.1, -0.05) is 152 Å². The Bertz CT molecular complexity index is 2770. The molecule has 0 aliphatic rings. The van der Waals surface area contributed by atoms with Gasteiger partial charge in [-0.05, 0) is 89.3 Å². The van der Waals surface area contributed by atoms with Crippen molar-refractivity contribution in [2.24, 2.45) is 0 Å². The van der Waals surface area contributed by atoms with Crippen molar-refractivity contribution in [3.8, 4) is 33.4 Å². The van der Waals surface area contributed by atoms with Crippen molar-refractivity contribution >= 4 is 65.0 Å². The van der Waals surface area contributed by atoms with E-state index in [1.807, 2.05) is 6.07 Å². The quantitative estimate of drug-likeness (QED) is 0.146. The molecule has 0 unspecified atom stereocenters. The first-order valence-corrected chi connectivity index (χ1v) is 16.2. The predicted molar refractivity (Wildman–Crippen MR) is 200 cm³/mol. The number of hydrogen-bond acceptors (Lipinski definition) is 1. The van der Waals surface area contributed by atoms with Crippen LogP contribution >= 0.6 is 0 Å². The molecule has 1 heteroatoms. The Labute approximate surface area is 271 Å². The van der Waals surface area contributed by atoms with Crippen LogP contribution in [0.25, 0.3) is 98.4 Å². The highest BCUT2D eigenvalue weighted by Crippen LogP contribution is 2.52. The number of hydrogen-bond donors (Lipinski definition) is 0. The molecule has 9 aromatic carbocycles. The number of benzene rings is 9. The second-order valence-corrected chi connectivity index (χ2v) is 12.3. The second-order valence-electron chi connectivity index (χ2n) is 12.3. The van der Waals surface area contributed by atoms with Crippen LogP contribution in [-0.2, 0) is 0 Å². The number of fused-ring (bicyclic) bond motifs is 9. The molecule has 47 heavy (non-hydrogen) atoms. The summed E-state index contributed by atoms with van der Waals surface area (Å²) >= 11 is 0. The molecule has 0 aliphatic carbocycles. The molecule has 0 saturated heterocycles. The van der Waals surface area contributed by atoms with E-state index in [4.69, 9.17) is 4.42 Å². The summed E-state index contributed by atoms with van der Waals surface area (Å²) in [5.41, 5.74) is 9.31. The van der Waals surface area contributed by atoms with E-state index in [9.17, 15) is 0 Å². The predicted octanol–water partition coefficient (Wildman–Crippen LogP) is 13.2. The zero-order valence-corrected chi connectivity index (χ0v) is 25.6. The highest BCUT2D eigenvalue weighted by Gasteiger charge is 2.24. The molecule has 1 heterocycles. The van der Waals surface area contributed by atoms with E-state index in [1.54, 1.807) is 0 Å². The summed E-state index contributed by atoms with van der Waals surface area (Å²) in [5.74, 6) is 0. The average molecular weight is 597 g/mol. The maximum atomic E-state index is 6.44. The normalized spacial score (nSPS) is 11.8. The highest BCUT2D eigenvalue weighted by atomic mass is 16.3. The van der Waals surface area contributed by atoms with E-state index in [-0.39, 0.29) is 0 Å². The standard InChI is InChI=1S/C46H28O/c1-3-15-29(16-4-1)41-31-19-7-9-21-33(31)43(34-22-10-8-20-32(34)41)46-36-24-12-11-23-35(36)44-38(42(46)30-17-5-2-6-18-30)27-28-40-45(44)37-25-13-14-26-39(37)47-40/h1-28H. The molecule has 0 bridgehead atoms. The topological polar surface area (TPSA) is 13.1 Å². The zero-order chi connectivity index (χ0) is 30.9. The van der Waals surface area contributed by atoms with Gasteiger partial charge >= 0.3 is 0 Å². The van der Waals surface area contributed by atoms with E-state index >= 15 is 0 Å². The molecule has 10 aromatic rings. The van der Waals surface area contributed by atoms with Crippen LogP contribution in [0, 0.1) is 0 Å². The van der Waals surface area contributed by atoms with Gasteiger partial charge in [0.1, 0.15) is 11.2 Å². The van der Waals surface area contributed by atoms with E-state index in [1.165, 1.54) is 81.9 Å². The molecule has 0 fully saturated rings. The van der Waals surface area contributed by atoms with Crippen molar-refractivity contribution in [3.63, 3.8) is 0 Å². The fraction of sp³-hybridized carbons (Fsp3) is 0. The maximum Gasteiger partial charge on any atom is 0.136 e. The second kappa shape index (κ2) is 10.2. The summed E-state index contributed by atoms with van der Waals surface area (Å²) in [6, 6.07) is 61.5. The Morgan fingerprint density at radius 1 is 0.234 bits per heavy atom. The lowest BCUT2D eigenvalue weighted by Crippen LogP contribution is -1.95. The lowest BCUT2D eigenvalue weighted by molar-refractivity contribution is 0.669. The Hall–Kier alpha value is -6.18. The maximum absolute atomic E-state index is 6.44. The molecule has 0 spiro atoms. The first kappa shape index (κ1) is 26.1. The lowest BCUT2D eigenvalue weighted by atomic mass is 9.79. The van der Waals surface area contributed by atoms with Gasteiger partial charge in [0.05, 0.1) is 0 Å². The third-order valence-corrected chi connectivity index (χ3v) is 9.83. The van der Waals surface area contributed by atoms with Gasteiger partial charge in [-0.3, -0.25) is 0 Å². The number of furan rings is 1. The van der Waals surface area contributed by atoms with Gasteiger partial charge in [-0.25, -0.2) is 0 Å². The summed E-state index contributed by atoms with van der Waals surface area (Å²) in [4.78, 5) is 0. The molecule has 218 valence electrons. The molecule has 0 atom stereocenters. The van der Waals surface area contributed by atoms with E-state index in [0.717, 1.165) is 16.6 Å². The largest absolute Gasteiger partial charge is 0.456 e. The van der Waals surface area contributed by atoms with Gasteiger partial charge in [-0.15, -0.1) is 0 Å². The smallest absolute Gasteiger partial charge is 0.136 e. The molecule has 10 rings (SSSR count). The number of para-hydroxylation sites is 1. The first-order valence-electron chi connectivity index (χ1n) is 16.2.